The van der Waals surface area contributed by atoms with Gasteiger partial charge in [-0.3, -0.25) is 5.01 Å². The lowest BCUT2D eigenvalue weighted by Gasteiger charge is -2.16. The van der Waals surface area contributed by atoms with Crippen LogP contribution in [0.5, 0.6) is 0 Å². The maximum Gasteiger partial charge on any atom is 0.125 e. The van der Waals surface area contributed by atoms with Crippen molar-refractivity contribution in [2.45, 2.75) is 6.54 Å². The summed E-state index contributed by atoms with van der Waals surface area (Å²) in [5, 5.41) is 1.20. The lowest BCUT2D eigenvalue weighted by atomic mass is 10.1. The van der Waals surface area contributed by atoms with Gasteiger partial charge in [0.1, 0.15) is 11.6 Å². The van der Waals surface area contributed by atoms with Crippen molar-refractivity contribution in [2.75, 3.05) is 5.01 Å². The molecule has 6 N–H and O–H groups in total. The second-order valence-electron chi connectivity index (χ2n) is 4.52. The van der Waals surface area contributed by atoms with Crippen molar-refractivity contribution in [3.8, 4) is 0 Å². The largest absolute Gasteiger partial charge is 0.397 e. The molecule has 110 valence electrons. The van der Waals surface area contributed by atoms with Crippen LogP contribution in [0.3, 0.4) is 0 Å². The monoisotopic (exact) mass is 290 g/mol. The highest BCUT2D eigenvalue weighted by Gasteiger charge is 2.05. The van der Waals surface area contributed by atoms with Crippen LogP contribution in [0.4, 0.5) is 14.5 Å². The van der Waals surface area contributed by atoms with E-state index in [1.165, 1.54) is 47.6 Å². The zero-order valence-electron chi connectivity index (χ0n) is 11.3. The van der Waals surface area contributed by atoms with Crippen LogP contribution in [0.25, 0.3) is 5.70 Å². The fourth-order valence-corrected chi connectivity index (χ4v) is 1.84. The molecule has 0 saturated heterocycles. The van der Waals surface area contributed by atoms with E-state index in [1.807, 2.05) is 0 Å². The van der Waals surface area contributed by atoms with E-state index in [-0.39, 0.29) is 12.4 Å². The average Bonchev–Trinajstić information content (AvgIpc) is 2.47. The molecule has 0 spiro atoms. The maximum absolute atomic E-state index is 13.4. The summed E-state index contributed by atoms with van der Waals surface area (Å²) in [7, 11) is 0. The Morgan fingerprint density at radius 3 is 2.33 bits per heavy atom. The third kappa shape index (κ3) is 3.77. The van der Waals surface area contributed by atoms with E-state index in [2.05, 4.69) is 0 Å². The number of anilines is 1. The Hall–Kier alpha value is -2.44. The van der Waals surface area contributed by atoms with E-state index in [0.717, 1.165) is 0 Å². The van der Waals surface area contributed by atoms with Crippen LogP contribution < -0.4 is 22.3 Å². The standard InChI is InChI=1S/C15H16F2N4/c16-12-3-1-11(2-4-12)15(19)9-21(20)14-6-10(8-18)5-13(17)7-14/h1-7,9H,8,18-20H2/b15-9-. The van der Waals surface area contributed by atoms with Crippen LogP contribution in [0, 0.1) is 11.6 Å². The molecule has 4 nitrogen and oxygen atoms in total. The van der Waals surface area contributed by atoms with E-state index < -0.39 is 5.82 Å². The molecule has 0 heterocycles. The molecule has 0 aliphatic rings. The van der Waals surface area contributed by atoms with E-state index >= 15 is 0 Å². The lowest BCUT2D eigenvalue weighted by molar-refractivity contribution is 0.625. The molecule has 2 aromatic carbocycles. The Balaban J connectivity index is 2.27. The second kappa shape index (κ2) is 6.34. The number of halogens is 2. The van der Waals surface area contributed by atoms with Gasteiger partial charge in [0.15, 0.2) is 0 Å². The smallest absolute Gasteiger partial charge is 0.125 e. The molecule has 6 heteroatoms. The van der Waals surface area contributed by atoms with Gasteiger partial charge in [-0.15, -0.1) is 0 Å². The summed E-state index contributed by atoms with van der Waals surface area (Å²) < 4.78 is 26.3. The molecule has 0 aliphatic carbocycles. The molecular weight excluding hydrogens is 274 g/mol. The maximum atomic E-state index is 13.4. The molecule has 21 heavy (non-hydrogen) atoms. The Morgan fingerprint density at radius 2 is 1.71 bits per heavy atom. The van der Waals surface area contributed by atoms with E-state index in [1.54, 1.807) is 6.07 Å². The van der Waals surface area contributed by atoms with Crippen LogP contribution in [0.2, 0.25) is 0 Å². The van der Waals surface area contributed by atoms with Crippen LogP contribution in [0.1, 0.15) is 11.1 Å². The zero-order chi connectivity index (χ0) is 15.4. The second-order valence-corrected chi connectivity index (χ2v) is 4.52. The number of benzene rings is 2. The summed E-state index contributed by atoms with van der Waals surface area (Å²) >= 11 is 0. The number of nitrogens with zero attached hydrogens (tertiary/aromatic N) is 1. The highest BCUT2D eigenvalue weighted by molar-refractivity contribution is 5.66. The molecule has 0 bridgehead atoms. The quantitative estimate of drug-likeness (QED) is 0.594. The van der Waals surface area contributed by atoms with Gasteiger partial charge in [-0.25, -0.2) is 14.6 Å². The molecule has 2 rings (SSSR count). The van der Waals surface area contributed by atoms with Gasteiger partial charge in [0.2, 0.25) is 0 Å². The van der Waals surface area contributed by atoms with Crippen molar-refractivity contribution in [2.24, 2.45) is 17.3 Å². The molecule has 2 aromatic rings. The van der Waals surface area contributed by atoms with Crippen LogP contribution in [-0.4, -0.2) is 0 Å². The minimum absolute atomic E-state index is 0.204. The minimum Gasteiger partial charge on any atom is -0.397 e. The Bertz CT molecular complexity index is 653. The zero-order valence-corrected chi connectivity index (χ0v) is 11.3. The van der Waals surface area contributed by atoms with Crippen molar-refractivity contribution in [1.29, 1.82) is 0 Å². The number of hydrogen-bond acceptors (Lipinski definition) is 4. The Morgan fingerprint density at radius 1 is 1.05 bits per heavy atom. The van der Waals surface area contributed by atoms with Gasteiger partial charge in [0.25, 0.3) is 0 Å². The van der Waals surface area contributed by atoms with Crippen molar-refractivity contribution in [3.05, 3.63) is 71.4 Å². The first-order valence-corrected chi connectivity index (χ1v) is 6.26. The van der Waals surface area contributed by atoms with E-state index in [4.69, 9.17) is 17.3 Å². The SMILES string of the molecule is NCc1cc(F)cc(N(N)/C=C(\N)c2ccc(F)cc2)c1. The van der Waals surface area contributed by atoms with E-state index in [9.17, 15) is 8.78 Å². The predicted molar refractivity (Wildman–Crippen MR) is 79.5 cm³/mol. The summed E-state index contributed by atoms with van der Waals surface area (Å²) in [5.74, 6) is 5.06. The first-order valence-electron chi connectivity index (χ1n) is 6.26. The Labute approximate surface area is 121 Å². The highest BCUT2D eigenvalue weighted by atomic mass is 19.1. The average molecular weight is 290 g/mol. The highest BCUT2D eigenvalue weighted by Crippen LogP contribution is 2.18. The topological polar surface area (TPSA) is 81.3 Å². The number of hydrogen-bond donors (Lipinski definition) is 3. The third-order valence-electron chi connectivity index (χ3n) is 2.93. The molecule has 0 fully saturated rings. The van der Waals surface area contributed by atoms with Gasteiger partial charge in [-0.05, 0) is 53.6 Å². The molecule has 0 aromatic heterocycles. The van der Waals surface area contributed by atoms with Crippen LogP contribution in [-0.2, 0) is 6.54 Å². The van der Waals surface area contributed by atoms with Crippen molar-refractivity contribution < 1.29 is 8.78 Å². The first kappa shape index (κ1) is 15.0. The van der Waals surface area contributed by atoms with Crippen molar-refractivity contribution in [1.82, 2.24) is 0 Å². The number of rotatable bonds is 4. The van der Waals surface area contributed by atoms with Gasteiger partial charge in [0.05, 0.1) is 11.4 Å². The number of hydrazine groups is 1. The lowest BCUT2D eigenvalue weighted by Crippen LogP contribution is -2.26. The summed E-state index contributed by atoms with van der Waals surface area (Å²) in [4.78, 5) is 0. The molecule has 0 radical (unpaired) electrons. The van der Waals surface area contributed by atoms with Crippen molar-refractivity contribution >= 4 is 11.4 Å². The van der Waals surface area contributed by atoms with Crippen molar-refractivity contribution in [3.63, 3.8) is 0 Å². The normalized spacial score (nSPS) is 11.5. The van der Waals surface area contributed by atoms with Gasteiger partial charge >= 0.3 is 0 Å². The molecule has 0 unspecified atom stereocenters. The van der Waals surface area contributed by atoms with Gasteiger partial charge < -0.3 is 11.5 Å². The van der Waals surface area contributed by atoms with Crippen LogP contribution >= 0.6 is 0 Å². The minimum atomic E-state index is -0.433. The molecule has 0 amide bonds. The summed E-state index contributed by atoms with van der Waals surface area (Å²) in [6, 6.07) is 9.94. The molecular formula is C15H16F2N4. The summed E-state index contributed by atoms with van der Waals surface area (Å²) in [6.45, 7) is 0.204. The summed E-state index contributed by atoms with van der Waals surface area (Å²) in [6.07, 6.45) is 1.43. The molecule has 0 atom stereocenters. The predicted octanol–water partition coefficient (Wildman–Crippen LogP) is 2.06. The van der Waals surface area contributed by atoms with Gasteiger partial charge in [-0.2, -0.15) is 0 Å². The Kier molecular flexibility index (Phi) is 4.52. The molecule has 0 aliphatic heterocycles. The van der Waals surface area contributed by atoms with Gasteiger partial charge in [0, 0.05) is 12.7 Å². The number of nitrogens with two attached hydrogens (primary N) is 3. The summed E-state index contributed by atoms with van der Waals surface area (Å²) in [5.41, 5.74) is 13.4. The van der Waals surface area contributed by atoms with Crippen LogP contribution in [0.15, 0.2) is 48.7 Å². The third-order valence-corrected chi connectivity index (χ3v) is 2.93. The first-order chi connectivity index (χ1) is 9.99. The fourth-order valence-electron chi connectivity index (χ4n) is 1.84. The van der Waals surface area contributed by atoms with Gasteiger partial charge in [-0.1, -0.05) is 0 Å². The van der Waals surface area contributed by atoms with E-state index in [0.29, 0.717) is 22.5 Å². The molecule has 0 saturated carbocycles. The fraction of sp³-hybridized carbons (Fsp3) is 0.0667.